The maximum Gasteiger partial charge on any atom is 0.343 e. The molecule has 2 aromatic heterocycles. The Hall–Kier alpha value is -8.75. The number of aromatic nitrogens is 2. The summed E-state index contributed by atoms with van der Waals surface area (Å²) < 4.78 is 27.5. The number of carbonyl (C=O) groups excluding carboxylic acids is 9. The van der Waals surface area contributed by atoms with Crippen LogP contribution in [0, 0.1) is 12.7 Å². The molecule has 3 aliphatic heterocycles. The van der Waals surface area contributed by atoms with E-state index in [1.165, 1.54) is 10.6 Å². The van der Waals surface area contributed by atoms with Crippen molar-refractivity contribution < 1.29 is 72.0 Å². The fraction of sp³-hybridized carbons (Fsp3) is 0.373. The molecule has 4 aliphatic rings. The second kappa shape index (κ2) is 23.0. The van der Waals surface area contributed by atoms with Gasteiger partial charge in [0.2, 0.25) is 35.4 Å². The molecule has 1 unspecified atom stereocenters. The van der Waals surface area contributed by atoms with Crippen molar-refractivity contribution in [1.82, 2.24) is 51.7 Å². The molecule has 0 radical (unpaired) electrons. The number of halogens is 1. The Morgan fingerprint density at radius 2 is 1.56 bits per heavy atom. The number of cyclic esters (lactones) is 1. The van der Waals surface area contributed by atoms with Crippen LogP contribution in [0.25, 0.3) is 22.3 Å². The van der Waals surface area contributed by atoms with Crippen LogP contribution in [0.1, 0.15) is 64.8 Å². The van der Waals surface area contributed by atoms with Gasteiger partial charge in [-0.25, -0.2) is 14.2 Å². The number of aryl methyl sites for hydroxylation is 1. The number of nitrogens with one attached hydrogen (secondary N) is 7. The third-order valence-electron chi connectivity index (χ3n) is 13.6. The Balaban J connectivity index is 0.835. The van der Waals surface area contributed by atoms with Crippen LogP contribution in [-0.4, -0.2) is 142 Å². The second-order valence-electron chi connectivity index (χ2n) is 18.5. The van der Waals surface area contributed by atoms with Crippen molar-refractivity contribution in [3.8, 4) is 11.4 Å². The standard InChI is InChI=1S/C51H53FN10O15/c1-3-51(75)30-14-35-46-28(21-61(35)49(73)29(30)22-77-50(51)74)45-32(10-9-27-25(2)31(52)15-33(60-46)44(27)45)58-40(66)23-76-24-57-38(64)18-55-47(71)34(13-26-7-5-4-6-8-26)59-39(65)19-54-37(63)17-56-48(72)36(16-53-20-43(69)70)62-41(67)11-12-42(62)68/h4-8,11-12,14-15,32,34,36,53,75H,3,9-10,13,16-24H2,1-2H3,(H,54,63)(H,55,71)(H,56,72)(H,57,64)(H,58,66)(H,59,65)(H,69,70)/t32-,34-,36?,51-/m0/s1. The molecule has 0 saturated carbocycles. The van der Waals surface area contributed by atoms with Crippen LogP contribution in [0.2, 0.25) is 0 Å². The van der Waals surface area contributed by atoms with Gasteiger partial charge in [-0.3, -0.25) is 52.8 Å². The highest BCUT2D eigenvalue weighted by Gasteiger charge is 2.46. The number of aliphatic carboxylic acids is 1. The SMILES string of the molecule is CC[C@@]1(O)C(=O)OCc2c1cc1n(c2=O)Cc2c-1nc1cc(F)c(C)c3c1c2[C@@H](NC(=O)COCNC(=O)CNC(=O)[C@H](Cc1ccccc1)NC(=O)CNC(=O)CNC(=O)C(CNCC(=O)O)N1C(=O)C=CC1=O)CC3. The van der Waals surface area contributed by atoms with E-state index in [9.17, 15) is 57.8 Å². The van der Waals surface area contributed by atoms with Crippen molar-refractivity contribution in [2.45, 2.75) is 76.4 Å². The van der Waals surface area contributed by atoms with E-state index < -0.39 is 140 Å². The number of ether oxygens (including phenoxy) is 2. The predicted octanol–water partition coefficient (Wildman–Crippen LogP) is -2.24. The van der Waals surface area contributed by atoms with E-state index in [1.807, 2.05) is 0 Å². The molecule has 404 valence electrons. The first-order valence-corrected chi connectivity index (χ1v) is 24.4. The number of nitrogens with zero attached hydrogens (tertiary/aromatic N) is 3. The van der Waals surface area contributed by atoms with Crippen LogP contribution in [0.15, 0.2) is 59.4 Å². The number of imide groups is 1. The number of aliphatic hydroxyl groups is 1. The fourth-order valence-corrected chi connectivity index (χ4v) is 9.73. The largest absolute Gasteiger partial charge is 0.480 e. The van der Waals surface area contributed by atoms with Crippen LogP contribution in [0.5, 0.6) is 0 Å². The molecule has 4 aromatic rings. The topological polar surface area (TPSA) is 352 Å². The zero-order valence-corrected chi connectivity index (χ0v) is 41.5. The van der Waals surface area contributed by atoms with Crippen LogP contribution in [0.3, 0.4) is 0 Å². The van der Waals surface area contributed by atoms with E-state index in [0.717, 1.165) is 12.2 Å². The van der Waals surface area contributed by atoms with Gasteiger partial charge in [-0.1, -0.05) is 37.3 Å². The number of hydrogen-bond donors (Lipinski definition) is 9. The Morgan fingerprint density at radius 1 is 0.870 bits per heavy atom. The molecule has 0 spiro atoms. The maximum atomic E-state index is 15.4. The number of fused-ring (bicyclic) bond motifs is 5. The molecule has 0 saturated heterocycles. The van der Waals surface area contributed by atoms with Crippen LogP contribution >= 0.6 is 0 Å². The molecule has 2 aromatic carbocycles. The molecule has 26 heteroatoms. The molecule has 8 amide bonds. The zero-order chi connectivity index (χ0) is 55.3. The quantitative estimate of drug-likeness (QED) is 0.0153. The van der Waals surface area contributed by atoms with E-state index in [2.05, 4.69) is 37.2 Å². The Kier molecular flexibility index (Phi) is 16.3. The summed E-state index contributed by atoms with van der Waals surface area (Å²) in [4.78, 5) is 146. The Bertz CT molecular complexity index is 3220. The molecule has 8 rings (SSSR count). The molecule has 77 heavy (non-hydrogen) atoms. The minimum absolute atomic E-state index is 0.0329. The third-order valence-corrected chi connectivity index (χ3v) is 13.6. The highest BCUT2D eigenvalue weighted by Crippen LogP contribution is 2.46. The summed E-state index contributed by atoms with van der Waals surface area (Å²) in [5.41, 5.74) is 1.60. The number of carboxylic acid groups (broad SMARTS) is 1. The first kappa shape index (κ1) is 54.5. The van der Waals surface area contributed by atoms with Gasteiger partial charge in [-0.15, -0.1) is 0 Å². The van der Waals surface area contributed by atoms with Crippen molar-refractivity contribution in [2.75, 3.05) is 46.1 Å². The summed E-state index contributed by atoms with van der Waals surface area (Å²) in [7, 11) is 0. The van der Waals surface area contributed by atoms with Gasteiger partial charge in [0.15, 0.2) is 5.60 Å². The van der Waals surface area contributed by atoms with Gasteiger partial charge in [0.1, 0.15) is 37.8 Å². The lowest BCUT2D eigenvalue weighted by Crippen LogP contribution is -2.56. The normalized spacial score (nSPS) is 17.6. The molecule has 4 atom stereocenters. The lowest BCUT2D eigenvalue weighted by molar-refractivity contribution is -0.172. The minimum atomic E-state index is -2.07. The van der Waals surface area contributed by atoms with Gasteiger partial charge in [0.25, 0.3) is 17.4 Å². The smallest absolute Gasteiger partial charge is 0.343 e. The summed E-state index contributed by atoms with van der Waals surface area (Å²) in [6.45, 7) is -1.02. The molecule has 0 fully saturated rings. The summed E-state index contributed by atoms with van der Waals surface area (Å²) >= 11 is 0. The van der Waals surface area contributed by atoms with Gasteiger partial charge in [-0.05, 0) is 54.5 Å². The number of hydrogen-bond acceptors (Lipinski definition) is 16. The van der Waals surface area contributed by atoms with E-state index >= 15 is 4.39 Å². The van der Waals surface area contributed by atoms with Crippen molar-refractivity contribution in [1.29, 1.82) is 0 Å². The second-order valence-corrected chi connectivity index (χ2v) is 18.5. The average Bonchev–Trinajstić information content (AvgIpc) is 4.22. The number of esters is 1. The van der Waals surface area contributed by atoms with Crippen molar-refractivity contribution in [3.05, 3.63) is 110 Å². The molecule has 5 heterocycles. The number of pyridine rings is 2. The van der Waals surface area contributed by atoms with Crippen molar-refractivity contribution in [2.24, 2.45) is 0 Å². The number of carbonyl (C=O) groups is 10. The predicted molar refractivity (Wildman–Crippen MR) is 264 cm³/mol. The first-order valence-electron chi connectivity index (χ1n) is 24.4. The molecule has 0 bridgehead atoms. The maximum absolute atomic E-state index is 15.4. The summed E-state index contributed by atoms with van der Waals surface area (Å²) in [5.74, 6) is -9.02. The number of amides is 8. The number of rotatable bonds is 22. The highest BCUT2D eigenvalue weighted by molar-refractivity contribution is 6.15. The Labute approximate surface area is 436 Å². The van der Waals surface area contributed by atoms with E-state index in [4.69, 9.17) is 19.6 Å². The van der Waals surface area contributed by atoms with Gasteiger partial charge < -0.3 is 61.5 Å². The molecule has 9 N–H and O–H groups in total. The van der Waals surface area contributed by atoms with Crippen LogP contribution < -0.4 is 42.8 Å². The number of carboxylic acids is 1. The van der Waals surface area contributed by atoms with Crippen LogP contribution in [0.4, 0.5) is 4.39 Å². The Morgan fingerprint density at radius 3 is 2.26 bits per heavy atom. The van der Waals surface area contributed by atoms with Crippen LogP contribution in [-0.2, 0) is 89.0 Å². The molecule has 1 aliphatic carbocycles. The molecular formula is C51H53FN10O15. The van der Waals surface area contributed by atoms with E-state index in [0.29, 0.717) is 67.8 Å². The monoisotopic (exact) mass is 1060 g/mol. The third kappa shape index (κ3) is 11.6. The highest BCUT2D eigenvalue weighted by atomic mass is 19.1. The molecular weight excluding hydrogens is 1010 g/mol. The van der Waals surface area contributed by atoms with Gasteiger partial charge >= 0.3 is 11.9 Å². The lowest BCUT2D eigenvalue weighted by Gasteiger charge is -2.31. The summed E-state index contributed by atoms with van der Waals surface area (Å²) in [5, 5.41) is 38.2. The average molecular weight is 1070 g/mol. The minimum Gasteiger partial charge on any atom is -0.480 e. The number of benzene rings is 2. The fourth-order valence-electron chi connectivity index (χ4n) is 9.73. The summed E-state index contributed by atoms with van der Waals surface area (Å²) in [6.07, 6.45) is 2.49. The van der Waals surface area contributed by atoms with Gasteiger partial charge in [0, 0.05) is 47.7 Å². The zero-order valence-electron chi connectivity index (χ0n) is 41.5. The van der Waals surface area contributed by atoms with Gasteiger partial charge in [-0.2, -0.15) is 0 Å². The molecule has 25 nitrogen and oxygen atoms in total. The van der Waals surface area contributed by atoms with Crippen molar-refractivity contribution in [3.63, 3.8) is 0 Å². The van der Waals surface area contributed by atoms with E-state index in [-0.39, 0.29) is 37.1 Å². The van der Waals surface area contributed by atoms with Gasteiger partial charge in [0.05, 0.1) is 61.2 Å². The first-order chi connectivity index (χ1) is 36.8. The van der Waals surface area contributed by atoms with E-state index in [1.54, 1.807) is 50.2 Å². The van der Waals surface area contributed by atoms with Crippen molar-refractivity contribution >= 4 is 70.1 Å². The lowest BCUT2D eigenvalue weighted by atomic mass is 9.81. The summed E-state index contributed by atoms with van der Waals surface area (Å²) in [6, 6.07) is 7.97.